The number of amides is 5. The van der Waals surface area contributed by atoms with Gasteiger partial charge in [0.25, 0.3) is 17.7 Å². The molecule has 5 amide bonds. The van der Waals surface area contributed by atoms with Gasteiger partial charge in [-0.1, -0.05) is 40.9 Å². The number of carbonyl (C=O) groups is 4. The largest absolute Gasteiger partial charge is 0.493 e. The van der Waals surface area contributed by atoms with Gasteiger partial charge in [0.1, 0.15) is 5.57 Å². The summed E-state index contributed by atoms with van der Waals surface area (Å²) < 4.78 is 10.9. The van der Waals surface area contributed by atoms with E-state index in [9.17, 15) is 19.2 Å². The topological polar surface area (TPSA) is 114 Å². The summed E-state index contributed by atoms with van der Waals surface area (Å²) in [6, 6.07) is 13.2. The fourth-order valence-electron chi connectivity index (χ4n) is 3.61. The first-order chi connectivity index (χ1) is 18.6. The predicted octanol–water partition coefficient (Wildman–Crippen LogP) is 5.65. The summed E-state index contributed by atoms with van der Waals surface area (Å²) in [5.41, 5.74) is 1.47. The summed E-state index contributed by atoms with van der Waals surface area (Å²) in [5, 5.41) is 5.75. The number of carbonyl (C=O) groups excluding carboxylic acids is 4. The molecule has 12 heteroatoms. The lowest BCUT2D eigenvalue weighted by Gasteiger charge is -2.26. The van der Waals surface area contributed by atoms with Crippen molar-refractivity contribution in [2.24, 2.45) is 0 Å². The Morgan fingerprint density at radius 2 is 1.72 bits per heavy atom. The van der Waals surface area contributed by atoms with Crippen LogP contribution in [0.2, 0.25) is 15.1 Å². The van der Waals surface area contributed by atoms with E-state index in [1.165, 1.54) is 31.4 Å². The third-order valence-corrected chi connectivity index (χ3v) is 6.49. The fourth-order valence-corrected chi connectivity index (χ4v) is 4.19. The third-order valence-electron chi connectivity index (χ3n) is 5.55. The highest BCUT2D eigenvalue weighted by atomic mass is 35.5. The van der Waals surface area contributed by atoms with Crippen LogP contribution < -0.4 is 25.0 Å². The lowest BCUT2D eigenvalue weighted by atomic mass is 10.1. The second-order valence-electron chi connectivity index (χ2n) is 8.27. The van der Waals surface area contributed by atoms with Crippen LogP contribution in [0.15, 0.2) is 60.2 Å². The van der Waals surface area contributed by atoms with Crippen LogP contribution in [0.3, 0.4) is 0 Å². The molecule has 200 valence electrons. The minimum Gasteiger partial charge on any atom is -0.493 e. The van der Waals surface area contributed by atoms with Crippen molar-refractivity contribution in [1.29, 1.82) is 0 Å². The van der Waals surface area contributed by atoms with Crippen molar-refractivity contribution in [2.75, 3.05) is 23.9 Å². The number of barbiturate groups is 1. The maximum absolute atomic E-state index is 13.2. The van der Waals surface area contributed by atoms with Gasteiger partial charge in [-0.05, 0) is 72.7 Å². The zero-order chi connectivity index (χ0) is 28.3. The minimum absolute atomic E-state index is 0.0578. The molecule has 0 radical (unpaired) electrons. The van der Waals surface area contributed by atoms with Gasteiger partial charge in [0.15, 0.2) is 18.1 Å². The Bertz CT molecular complexity index is 1520. The SMILES string of the molecule is COc1cc(/C=C2\C(=O)NC(=O)N(c3ccc(C)c(Cl)c3)C2=O)cc(Cl)c1OCC(=O)Nc1ccc(Cl)cc1. The number of nitrogens with zero attached hydrogens (tertiary/aromatic N) is 1. The van der Waals surface area contributed by atoms with Crippen LogP contribution in [0.1, 0.15) is 11.1 Å². The molecule has 2 N–H and O–H groups in total. The van der Waals surface area contributed by atoms with Crippen molar-refractivity contribution >= 4 is 76.0 Å². The molecule has 0 spiro atoms. The van der Waals surface area contributed by atoms with Gasteiger partial charge in [-0.2, -0.15) is 0 Å². The molecular weight excluding hydrogens is 569 g/mol. The molecule has 0 atom stereocenters. The van der Waals surface area contributed by atoms with Crippen LogP contribution in [0.25, 0.3) is 6.08 Å². The van der Waals surface area contributed by atoms with Crippen LogP contribution in [-0.2, 0) is 14.4 Å². The number of rotatable bonds is 7. The van der Waals surface area contributed by atoms with Crippen LogP contribution >= 0.6 is 34.8 Å². The van der Waals surface area contributed by atoms with Crippen LogP contribution in [0.4, 0.5) is 16.2 Å². The van der Waals surface area contributed by atoms with Crippen LogP contribution in [-0.4, -0.2) is 37.5 Å². The Kier molecular flexibility index (Phi) is 8.44. The Morgan fingerprint density at radius 1 is 1.00 bits per heavy atom. The van der Waals surface area contributed by atoms with E-state index in [-0.39, 0.29) is 34.4 Å². The van der Waals surface area contributed by atoms with Crippen LogP contribution in [0.5, 0.6) is 11.5 Å². The molecule has 1 saturated heterocycles. The molecule has 0 saturated carbocycles. The summed E-state index contributed by atoms with van der Waals surface area (Å²) in [5.74, 6) is -1.95. The number of halogens is 3. The number of anilines is 2. The van der Waals surface area contributed by atoms with E-state index in [1.807, 2.05) is 0 Å². The van der Waals surface area contributed by atoms with Gasteiger partial charge in [0.05, 0.1) is 17.8 Å². The predicted molar refractivity (Wildman–Crippen MR) is 149 cm³/mol. The second kappa shape index (κ2) is 11.8. The van der Waals surface area contributed by atoms with E-state index >= 15 is 0 Å². The Morgan fingerprint density at radius 3 is 2.38 bits per heavy atom. The van der Waals surface area contributed by atoms with Gasteiger partial charge in [0, 0.05) is 15.7 Å². The molecule has 0 aliphatic carbocycles. The number of imide groups is 2. The summed E-state index contributed by atoms with van der Waals surface area (Å²) in [7, 11) is 1.36. The van der Waals surface area contributed by atoms with Crippen molar-refractivity contribution in [3.8, 4) is 11.5 Å². The summed E-state index contributed by atoms with van der Waals surface area (Å²) in [4.78, 5) is 51.3. The van der Waals surface area contributed by atoms with E-state index in [2.05, 4.69) is 10.6 Å². The van der Waals surface area contributed by atoms with E-state index < -0.39 is 23.8 Å². The molecule has 0 aromatic heterocycles. The van der Waals surface area contributed by atoms with E-state index in [0.717, 1.165) is 10.5 Å². The first-order valence-electron chi connectivity index (χ1n) is 11.3. The van der Waals surface area contributed by atoms with Crippen molar-refractivity contribution in [3.63, 3.8) is 0 Å². The summed E-state index contributed by atoms with van der Waals surface area (Å²) >= 11 is 18.4. The zero-order valence-electron chi connectivity index (χ0n) is 20.5. The molecule has 1 heterocycles. The molecule has 1 aliphatic heterocycles. The maximum Gasteiger partial charge on any atom is 0.335 e. The zero-order valence-corrected chi connectivity index (χ0v) is 22.8. The summed E-state index contributed by atoms with van der Waals surface area (Å²) in [6.45, 7) is 1.39. The second-order valence-corrected chi connectivity index (χ2v) is 9.52. The Labute approximate surface area is 238 Å². The molecule has 1 aliphatic rings. The first-order valence-corrected chi connectivity index (χ1v) is 12.4. The minimum atomic E-state index is -0.904. The van der Waals surface area contributed by atoms with Crippen molar-refractivity contribution in [2.45, 2.75) is 6.92 Å². The fraction of sp³-hybridized carbons (Fsp3) is 0.111. The number of urea groups is 1. The van der Waals surface area contributed by atoms with E-state index in [0.29, 0.717) is 21.3 Å². The highest BCUT2D eigenvalue weighted by Gasteiger charge is 2.37. The summed E-state index contributed by atoms with van der Waals surface area (Å²) in [6.07, 6.45) is 1.26. The Hall–Kier alpha value is -4.05. The number of ether oxygens (including phenoxy) is 2. The Balaban J connectivity index is 1.56. The lowest BCUT2D eigenvalue weighted by molar-refractivity contribution is -0.122. The molecular formula is C27H20Cl3N3O6. The number of aryl methyl sites for hydroxylation is 1. The van der Waals surface area contributed by atoms with Gasteiger partial charge < -0.3 is 14.8 Å². The van der Waals surface area contributed by atoms with Crippen molar-refractivity contribution < 1.29 is 28.7 Å². The normalized spacial score (nSPS) is 14.3. The third kappa shape index (κ3) is 6.34. The average molecular weight is 589 g/mol. The molecule has 0 bridgehead atoms. The highest BCUT2D eigenvalue weighted by Crippen LogP contribution is 2.37. The number of hydrogen-bond donors (Lipinski definition) is 2. The number of benzene rings is 3. The lowest BCUT2D eigenvalue weighted by Crippen LogP contribution is -2.54. The van der Waals surface area contributed by atoms with E-state index in [1.54, 1.807) is 43.3 Å². The average Bonchev–Trinajstić information content (AvgIpc) is 2.89. The van der Waals surface area contributed by atoms with Gasteiger partial charge in [-0.15, -0.1) is 0 Å². The molecule has 3 aromatic rings. The number of nitrogens with one attached hydrogen (secondary N) is 2. The monoisotopic (exact) mass is 587 g/mol. The number of hydrogen-bond acceptors (Lipinski definition) is 6. The molecule has 1 fully saturated rings. The number of methoxy groups -OCH3 is 1. The maximum atomic E-state index is 13.2. The highest BCUT2D eigenvalue weighted by molar-refractivity contribution is 6.40. The molecule has 0 unspecified atom stereocenters. The van der Waals surface area contributed by atoms with Crippen molar-refractivity contribution in [1.82, 2.24) is 5.32 Å². The van der Waals surface area contributed by atoms with Gasteiger partial charge in [-0.3, -0.25) is 19.7 Å². The van der Waals surface area contributed by atoms with Crippen LogP contribution in [0, 0.1) is 6.92 Å². The van der Waals surface area contributed by atoms with Crippen molar-refractivity contribution in [3.05, 3.63) is 86.4 Å². The molecule has 4 rings (SSSR count). The first kappa shape index (κ1) is 28.0. The standard InChI is InChI=1S/C27H20Cl3N3O6/c1-14-3-8-18(12-20(14)29)33-26(36)19(25(35)32-27(33)37)9-15-10-21(30)24(22(11-15)38-2)39-13-23(34)31-17-6-4-16(28)5-7-17/h3-12H,13H2,1-2H3,(H,31,34)(H,32,35,37)/b19-9+. The molecule has 3 aromatic carbocycles. The van der Waals surface area contributed by atoms with E-state index in [4.69, 9.17) is 44.3 Å². The smallest absolute Gasteiger partial charge is 0.335 e. The van der Waals surface area contributed by atoms with Gasteiger partial charge in [-0.25, -0.2) is 9.69 Å². The molecule has 9 nitrogen and oxygen atoms in total. The van der Waals surface area contributed by atoms with Gasteiger partial charge >= 0.3 is 6.03 Å². The van der Waals surface area contributed by atoms with Gasteiger partial charge in [0.2, 0.25) is 0 Å². The quantitative estimate of drug-likeness (QED) is 0.272. The molecule has 39 heavy (non-hydrogen) atoms.